The molecule has 414 valence electrons. The number of para-hydroxylation sites is 1. The van der Waals surface area contributed by atoms with Crippen molar-refractivity contribution in [2.75, 3.05) is 58.2 Å². The predicted octanol–water partition coefficient (Wildman–Crippen LogP) is 8.45. The van der Waals surface area contributed by atoms with Crippen LogP contribution >= 0.6 is 0 Å². The molecule has 18 heteroatoms. The van der Waals surface area contributed by atoms with Crippen molar-refractivity contribution >= 4 is 35.3 Å². The van der Waals surface area contributed by atoms with Crippen molar-refractivity contribution in [1.82, 2.24) is 14.7 Å². The SMILES string of the molecule is COc1ccc(C#Cc2ccc3c(c2)C2(C(=O)N3C(=O)OCc3ccc([N+](=O)[O-])cc3)C(C(=O)N3CCN(Cc4ccc5c(c4)OCO5)CC3)C3C(=O)OC(c4ccccc4)C(c4ccccc4)N3C2c2ccccc2OCCO)cc1. The molecule has 5 aliphatic rings. The molecule has 0 aromatic heterocycles. The second kappa shape index (κ2) is 22.5. The normalized spacial score (nSPS) is 21.7. The number of amides is 3. The van der Waals surface area contributed by atoms with Gasteiger partial charge in [-0.15, -0.1) is 0 Å². The molecule has 3 fully saturated rings. The van der Waals surface area contributed by atoms with E-state index in [0.717, 1.165) is 10.5 Å². The summed E-state index contributed by atoms with van der Waals surface area (Å²) in [4.78, 5) is 82.6. The fraction of sp³-hybridized carbons (Fsp3) is 0.250. The summed E-state index contributed by atoms with van der Waals surface area (Å²) in [5.74, 6) is 4.98. The summed E-state index contributed by atoms with van der Waals surface area (Å²) < 4.78 is 35.7. The van der Waals surface area contributed by atoms with Crippen LogP contribution in [0.3, 0.4) is 0 Å². The second-order valence-electron chi connectivity index (χ2n) is 20.5. The lowest BCUT2D eigenvalue weighted by molar-refractivity contribution is -0.384. The zero-order chi connectivity index (χ0) is 56.5. The van der Waals surface area contributed by atoms with Gasteiger partial charge in [-0.3, -0.25) is 34.3 Å². The third-order valence-electron chi connectivity index (χ3n) is 15.9. The summed E-state index contributed by atoms with van der Waals surface area (Å²) in [6.45, 7) is 1.08. The van der Waals surface area contributed by atoms with Gasteiger partial charge in [0.2, 0.25) is 18.6 Å². The molecule has 5 heterocycles. The molecule has 1 spiro atoms. The van der Waals surface area contributed by atoms with Gasteiger partial charge in [-0.1, -0.05) is 96.8 Å². The fourth-order valence-corrected chi connectivity index (χ4v) is 12.3. The molecule has 7 aromatic carbocycles. The van der Waals surface area contributed by atoms with Crippen LogP contribution in [0, 0.1) is 27.9 Å². The lowest BCUT2D eigenvalue weighted by Crippen LogP contribution is -2.59. The smallest absolute Gasteiger partial charge is 0.421 e. The minimum Gasteiger partial charge on any atom is -0.497 e. The minimum atomic E-state index is -2.18. The number of benzene rings is 7. The number of hydrogen-bond donors (Lipinski definition) is 1. The Hall–Kier alpha value is -9.54. The number of esters is 1. The maximum atomic E-state index is 17.0. The van der Waals surface area contributed by atoms with Crippen molar-refractivity contribution in [2.45, 2.75) is 42.8 Å². The van der Waals surface area contributed by atoms with E-state index in [1.807, 2.05) is 95.9 Å². The van der Waals surface area contributed by atoms with Gasteiger partial charge in [0.25, 0.3) is 5.69 Å². The summed E-state index contributed by atoms with van der Waals surface area (Å²) in [7, 11) is 1.57. The monoisotopic (exact) mass is 1100 g/mol. The highest BCUT2D eigenvalue weighted by Crippen LogP contribution is 2.67. The zero-order valence-electron chi connectivity index (χ0n) is 44.5. The van der Waals surface area contributed by atoms with Crippen molar-refractivity contribution in [2.24, 2.45) is 5.92 Å². The van der Waals surface area contributed by atoms with E-state index in [1.54, 1.807) is 66.6 Å². The largest absolute Gasteiger partial charge is 0.497 e. The highest BCUT2D eigenvalue weighted by molar-refractivity contribution is 6.23. The van der Waals surface area contributed by atoms with E-state index in [4.69, 9.17) is 28.4 Å². The highest BCUT2D eigenvalue weighted by Gasteiger charge is 2.76. The van der Waals surface area contributed by atoms with E-state index in [9.17, 15) is 15.2 Å². The molecule has 0 bridgehead atoms. The number of nitro benzene ring substituents is 1. The molecule has 6 atom stereocenters. The van der Waals surface area contributed by atoms with Crippen LogP contribution in [0.15, 0.2) is 170 Å². The number of aliphatic hydroxyl groups is 1. The number of rotatable bonds is 13. The summed E-state index contributed by atoms with van der Waals surface area (Å²) >= 11 is 0. The predicted molar refractivity (Wildman–Crippen MR) is 298 cm³/mol. The molecule has 0 aliphatic carbocycles. The molecule has 7 aromatic rings. The number of cyclic esters (lactones) is 1. The first kappa shape index (κ1) is 53.1. The minimum absolute atomic E-state index is 0.0860. The van der Waals surface area contributed by atoms with Gasteiger partial charge >= 0.3 is 12.1 Å². The Morgan fingerprint density at radius 2 is 1.41 bits per heavy atom. The molecule has 82 heavy (non-hydrogen) atoms. The number of carbonyl (C=O) groups excluding carboxylic acids is 4. The van der Waals surface area contributed by atoms with Gasteiger partial charge in [-0.05, 0) is 101 Å². The van der Waals surface area contributed by atoms with Crippen LogP contribution in [-0.4, -0.2) is 108 Å². The number of anilines is 1. The molecule has 18 nitrogen and oxygen atoms in total. The van der Waals surface area contributed by atoms with Gasteiger partial charge in [0, 0.05) is 61.5 Å². The maximum absolute atomic E-state index is 17.0. The van der Waals surface area contributed by atoms with Crippen molar-refractivity contribution in [3.63, 3.8) is 0 Å². The van der Waals surface area contributed by atoms with E-state index in [0.29, 0.717) is 70.3 Å². The van der Waals surface area contributed by atoms with Crippen LogP contribution in [0.4, 0.5) is 16.2 Å². The number of methoxy groups -OCH3 is 1. The van der Waals surface area contributed by atoms with E-state index in [1.165, 1.54) is 24.3 Å². The third-order valence-corrected chi connectivity index (χ3v) is 15.9. The average Bonchev–Trinajstić information content (AvgIpc) is 1.71. The number of hydrogen-bond acceptors (Lipinski definition) is 15. The molecule has 6 unspecified atom stereocenters. The Morgan fingerprint density at radius 3 is 2.13 bits per heavy atom. The topological polar surface area (TPSA) is 200 Å². The fourth-order valence-electron chi connectivity index (χ4n) is 12.3. The number of aliphatic hydroxyl groups excluding tert-OH is 1. The van der Waals surface area contributed by atoms with Gasteiger partial charge in [-0.2, -0.15) is 0 Å². The summed E-state index contributed by atoms with van der Waals surface area (Å²) in [6, 6.07) is 45.6. The quantitative estimate of drug-likeness (QED) is 0.0499. The lowest BCUT2D eigenvalue weighted by Gasteiger charge is -2.46. The summed E-state index contributed by atoms with van der Waals surface area (Å²) in [5, 5.41) is 21.8. The number of nitro groups is 1. The van der Waals surface area contributed by atoms with Crippen LogP contribution in [0.2, 0.25) is 0 Å². The van der Waals surface area contributed by atoms with E-state index in [-0.39, 0.29) is 62.4 Å². The Kier molecular flexibility index (Phi) is 14.6. The molecule has 0 radical (unpaired) electrons. The average molecular weight is 1100 g/mol. The van der Waals surface area contributed by atoms with Gasteiger partial charge in [-0.25, -0.2) is 9.69 Å². The number of carbonyl (C=O) groups is 4. The molecule has 5 aliphatic heterocycles. The Morgan fingerprint density at radius 1 is 0.744 bits per heavy atom. The number of fused-ring (bicyclic) bond motifs is 4. The van der Waals surface area contributed by atoms with Gasteiger partial charge in [0.05, 0.1) is 42.3 Å². The number of morpholine rings is 1. The standard InChI is InChI=1S/C64H55N5O13/c1-77-48-26-20-41(21-27-48)16-17-42-22-28-51-50(36-42)64(62(73)67(51)63(74)79-39-43-18-24-47(25-19-43)69(75)76)55(60(71)66-32-30-65(31-33-66)38-44-23-29-53-54(37-44)81-40-80-53)57-61(72)82-58(46-12-6-3-7-13-46)56(45-10-4-2-5-11-45)68(57)59(64)49-14-8-9-15-52(49)78-35-34-70/h2-15,18-29,36-37,55-59,70H,30-35,38-40H2,1H3. The van der Waals surface area contributed by atoms with E-state index in [2.05, 4.69) is 16.7 Å². The number of piperazine rings is 1. The second-order valence-corrected chi connectivity index (χ2v) is 20.5. The van der Waals surface area contributed by atoms with Crippen molar-refractivity contribution in [1.29, 1.82) is 0 Å². The molecular formula is C64H55N5O13. The van der Waals surface area contributed by atoms with Gasteiger partial charge < -0.3 is 38.4 Å². The van der Waals surface area contributed by atoms with E-state index >= 15 is 19.2 Å². The van der Waals surface area contributed by atoms with E-state index < -0.39 is 64.4 Å². The molecule has 3 saturated heterocycles. The van der Waals surface area contributed by atoms with Crippen LogP contribution < -0.4 is 23.8 Å². The number of imide groups is 1. The first-order valence-electron chi connectivity index (χ1n) is 26.9. The van der Waals surface area contributed by atoms with Gasteiger partial charge in [0.1, 0.15) is 42.3 Å². The third kappa shape index (κ3) is 9.67. The molecule has 3 amide bonds. The first-order valence-corrected chi connectivity index (χ1v) is 26.9. The Bertz CT molecular complexity index is 3640. The van der Waals surface area contributed by atoms with Crippen LogP contribution in [-0.2, 0) is 42.4 Å². The van der Waals surface area contributed by atoms with Crippen molar-refractivity contribution in [3.8, 4) is 34.8 Å². The molecule has 1 N–H and O–H groups in total. The number of ether oxygens (including phenoxy) is 6. The number of nitrogens with zero attached hydrogens (tertiary/aromatic N) is 5. The summed E-state index contributed by atoms with van der Waals surface area (Å²) in [5.41, 5.74) is 2.18. The molecule has 12 rings (SSSR count). The summed E-state index contributed by atoms with van der Waals surface area (Å²) in [6.07, 6.45) is -2.09. The van der Waals surface area contributed by atoms with Crippen LogP contribution in [0.1, 0.15) is 62.7 Å². The Balaban J connectivity index is 1.06. The van der Waals surface area contributed by atoms with Crippen molar-refractivity contribution < 1.29 is 57.6 Å². The van der Waals surface area contributed by atoms with Crippen LogP contribution in [0.5, 0.6) is 23.0 Å². The maximum Gasteiger partial charge on any atom is 0.421 e. The molecular weight excluding hydrogens is 1050 g/mol. The highest BCUT2D eigenvalue weighted by atomic mass is 16.7. The zero-order valence-corrected chi connectivity index (χ0v) is 44.5. The van der Waals surface area contributed by atoms with Gasteiger partial charge in [0.15, 0.2) is 11.5 Å². The molecule has 0 saturated carbocycles. The Labute approximate surface area is 472 Å². The van der Waals surface area contributed by atoms with Crippen LogP contribution in [0.25, 0.3) is 0 Å². The van der Waals surface area contributed by atoms with Crippen molar-refractivity contribution in [3.05, 3.63) is 224 Å². The lowest BCUT2D eigenvalue weighted by atomic mass is 9.64. The first-order chi connectivity index (χ1) is 40.0. The number of non-ortho nitro benzene ring substituents is 1.